The number of aromatic nitrogens is 3. The van der Waals surface area contributed by atoms with Gasteiger partial charge in [-0.05, 0) is 24.3 Å². The number of benzene rings is 2. The van der Waals surface area contributed by atoms with Gasteiger partial charge in [-0.25, -0.2) is 0 Å². The normalized spacial score (nSPS) is 11.1. The summed E-state index contributed by atoms with van der Waals surface area (Å²) >= 11 is 0. The highest BCUT2D eigenvalue weighted by atomic mass is 19.4. The second-order valence-electron chi connectivity index (χ2n) is 5.16. The number of ether oxygens (including phenoxy) is 1. The lowest BCUT2D eigenvalue weighted by atomic mass is 10.1. The predicted molar refractivity (Wildman–Crippen MR) is 90.8 cm³/mol. The highest BCUT2D eigenvalue weighted by molar-refractivity contribution is 5.65. The van der Waals surface area contributed by atoms with Crippen LogP contribution in [0.25, 0.3) is 0 Å². The zero-order chi connectivity index (χ0) is 18.6. The van der Waals surface area contributed by atoms with Crippen molar-refractivity contribution in [3.8, 4) is 5.75 Å². The molecule has 0 saturated carbocycles. The quantitative estimate of drug-likeness (QED) is 0.702. The molecule has 0 aliphatic rings. The van der Waals surface area contributed by atoms with Crippen molar-refractivity contribution in [2.75, 3.05) is 17.7 Å². The Labute approximate surface area is 147 Å². The van der Waals surface area contributed by atoms with Gasteiger partial charge in [-0.1, -0.05) is 24.3 Å². The van der Waals surface area contributed by atoms with Crippen LogP contribution < -0.4 is 15.4 Å². The Balaban J connectivity index is 1.85. The lowest BCUT2D eigenvalue weighted by Gasteiger charge is -2.14. The lowest BCUT2D eigenvalue weighted by Crippen LogP contribution is -2.10. The van der Waals surface area contributed by atoms with E-state index >= 15 is 0 Å². The molecule has 3 aromatic rings. The van der Waals surface area contributed by atoms with Gasteiger partial charge < -0.3 is 15.4 Å². The minimum Gasteiger partial charge on any atom is -0.495 e. The molecule has 2 N–H and O–H groups in total. The maximum absolute atomic E-state index is 13.1. The first-order valence-electron chi connectivity index (χ1n) is 7.50. The highest BCUT2D eigenvalue weighted by Crippen LogP contribution is 2.35. The van der Waals surface area contributed by atoms with E-state index < -0.39 is 11.7 Å². The van der Waals surface area contributed by atoms with E-state index in [2.05, 4.69) is 25.8 Å². The lowest BCUT2D eigenvalue weighted by molar-refractivity contribution is -0.136. The number of rotatable bonds is 5. The van der Waals surface area contributed by atoms with E-state index in [0.29, 0.717) is 17.3 Å². The molecule has 0 radical (unpaired) electrons. The standard InChI is InChI=1S/C17H14F3N5O/c1-26-14-9-5-4-8-13(14)22-15-10-21-25-16(24-15)23-12-7-3-2-6-11(12)17(18,19)20/h2-10H,1H3,(H2,22,23,24,25). The number of nitrogens with zero attached hydrogens (tertiary/aromatic N) is 3. The molecule has 0 saturated heterocycles. The van der Waals surface area contributed by atoms with Crippen molar-refractivity contribution < 1.29 is 17.9 Å². The smallest absolute Gasteiger partial charge is 0.418 e. The molecule has 0 aliphatic carbocycles. The van der Waals surface area contributed by atoms with Crippen molar-refractivity contribution in [2.45, 2.75) is 6.18 Å². The Morgan fingerprint density at radius 3 is 2.35 bits per heavy atom. The SMILES string of the molecule is COc1ccccc1Nc1cnnc(Nc2ccccc2C(F)(F)F)n1. The number of hydrogen-bond donors (Lipinski definition) is 2. The summed E-state index contributed by atoms with van der Waals surface area (Å²) in [5.41, 5.74) is -0.333. The topological polar surface area (TPSA) is 72.0 Å². The summed E-state index contributed by atoms with van der Waals surface area (Å²) in [5.74, 6) is 0.820. The van der Waals surface area contributed by atoms with Crippen LogP contribution in [-0.4, -0.2) is 22.3 Å². The van der Waals surface area contributed by atoms with Crippen molar-refractivity contribution >= 4 is 23.1 Å². The zero-order valence-electron chi connectivity index (χ0n) is 13.6. The van der Waals surface area contributed by atoms with Crippen LogP contribution in [0.15, 0.2) is 54.7 Å². The fourth-order valence-electron chi connectivity index (χ4n) is 2.26. The molecule has 0 bridgehead atoms. The van der Waals surface area contributed by atoms with Gasteiger partial charge in [-0.15, -0.1) is 5.10 Å². The van der Waals surface area contributed by atoms with Gasteiger partial charge in [0.1, 0.15) is 5.75 Å². The third-order valence-electron chi connectivity index (χ3n) is 3.41. The summed E-state index contributed by atoms with van der Waals surface area (Å²) in [6, 6.07) is 12.2. The Morgan fingerprint density at radius 1 is 0.923 bits per heavy atom. The van der Waals surface area contributed by atoms with Crippen LogP contribution in [0, 0.1) is 0 Å². The van der Waals surface area contributed by atoms with Crippen LogP contribution in [0.4, 0.5) is 36.3 Å². The molecule has 6 nitrogen and oxygen atoms in total. The van der Waals surface area contributed by atoms with E-state index in [4.69, 9.17) is 4.74 Å². The number of para-hydroxylation sites is 3. The molecule has 1 heterocycles. The summed E-state index contributed by atoms with van der Waals surface area (Å²) < 4.78 is 44.5. The summed E-state index contributed by atoms with van der Waals surface area (Å²) in [7, 11) is 1.53. The molecule has 0 atom stereocenters. The number of anilines is 4. The van der Waals surface area contributed by atoms with Crippen molar-refractivity contribution in [2.24, 2.45) is 0 Å². The summed E-state index contributed by atoms with van der Waals surface area (Å²) in [6.45, 7) is 0. The van der Waals surface area contributed by atoms with Gasteiger partial charge in [-0.2, -0.15) is 23.3 Å². The molecule has 0 aliphatic heterocycles. The van der Waals surface area contributed by atoms with Crippen LogP contribution in [0.2, 0.25) is 0 Å². The van der Waals surface area contributed by atoms with E-state index in [0.717, 1.165) is 6.07 Å². The Bertz CT molecular complexity index is 901. The second-order valence-corrected chi connectivity index (χ2v) is 5.16. The van der Waals surface area contributed by atoms with E-state index in [-0.39, 0.29) is 11.6 Å². The third kappa shape index (κ3) is 4.00. The molecule has 0 fully saturated rings. The Kier molecular flexibility index (Phi) is 4.87. The summed E-state index contributed by atoms with van der Waals surface area (Å²) in [6.07, 6.45) is -3.14. The highest BCUT2D eigenvalue weighted by Gasteiger charge is 2.33. The van der Waals surface area contributed by atoms with Gasteiger partial charge in [0.25, 0.3) is 0 Å². The maximum Gasteiger partial charge on any atom is 0.418 e. The van der Waals surface area contributed by atoms with Gasteiger partial charge in [0.2, 0.25) is 5.95 Å². The molecule has 0 spiro atoms. The van der Waals surface area contributed by atoms with E-state index in [9.17, 15) is 13.2 Å². The van der Waals surface area contributed by atoms with Crippen LogP contribution >= 0.6 is 0 Å². The van der Waals surface area contributed by atoms with Gasteiger partial charge in [0.15, 0.2) is 5.82 Å². The van der Waals surface area contributed by atoms with Gasteiger partial charge >= 0.3 is 6.18 Å². The van der Waals surface area contributed by atoms with Gasteiger partial charge in [0, 0.05) is 0 Å². The largest absolute Gasteiger partial charge is 0.495 e. The third-order valence-corrected chi connectivity index (χ3v) is 3.41. The van der Waals surface area contributed by atoms with Crippen molar-refractivity contribution in [1.29, 1.82) is 0 Å². The molecule has 0 unspecified atom stereocenters. The minimum atomic E-state index is -4.50. The summed E-state index contributed by atoms with van der Waals surface area (Å²) in [5, 5.41) is 13.0. The van der Waals surface area contributed by atoms with E-state index in [1.54, 1.807) is 18.2 Å². The Hall–Kier alpha value is -3.36. The summed E-state index contributed by atoms with van der Waals surface area (Å²) in [4.78, 5) is 4.14. The second kappa shape index (κ2) is 7.26. The van der Waals surface area contributed by atoms with Crippen LogP contribution in [0.1, 0.15) is 5.56 Å². The maximum atomic E-state index is 13.1. The zero-order valence-corrected chi connectivity index (χ0v) is 13.6. The molecule has 1 aromatic heterocycles. The number of hydrogen-bond acceptors (Lipinski definition) is 6. The molecule has 3 rings (SSSR count). The Morgan fingerprint density at radius 2 is 1.62 bits per heavy atom. The van der Waals surface area contributed by atoms with Crippen LogP contribution in [-0.2, 0) is 6.18 Å². The predicted octanol–water partition coefficient (Wildman–Crippen LogP) is 4.39. The average molecular weight is 361 g/mol. The van der Waals surface area contributed by atoms with Crippen molar-refractivity contribution in [3.63, 3.8) is 0 Å². The number of alkyl halides is 3. The first-order chi connectivity index (χ1) is 12.5. The number of nitrogens with one attached hydrogen (secondary N) is 2. The van der Waals surface area contributed by atoms with Gasteiger partial charge in [-0.3, -0.25) is 0 Å². The molecule has 0 amide bonds. The van der Waals surface area contributed by atoms with Crippen LogP contribution in [0.3, 0.4) is 0 Å². The first-order valence-corrected chi connectivity index (χ1v) is 7.50. The molecule has 134 valence electrons. The first kappa shape index (κ1) is 17.5. The van der Waals surface area contributed by atoms with E-state index in [1.165, 1.54) is 31.5 Å². The average Bonchev–Trinajstić information content (AvgIpc) is 2.62. The molecular weight excluding hydrogens is 347 g/mol. The number of halogens is 3. The van der Waals surface area contributed by atoms with Crippen molar-refractivity contribution in [1.82, 2.24) is 15.2 Å². The number of methoxy groups -OCH3 is 1. The molecule has 2 aromatic carbocycles. The van der Waals surface area contributed by atoms with Crippen LogP contribution in [0.5, 0.6) is 5.75 Å². The molecule has 26 heavy (non-hydrogen) atoms. The fourth-order valence-corrected chi connectivity index (χ4v) is 2.26. The molecular formula is C17H14F3N5O. The van der Waals surface area contributed by atoms with Gasteiger partial charge in [0.05, 0.1) is 30.2 Å². The van der Waals surface area contributed by atoms with E-state index in [1.807, 2.05) is 6.07 Å². The van der Waals surface area contributed by atoms with Crippen molar-refractivity contribution in [3.05, 3.63) is 60.3 Å². The monoisotopic (exact) mass is 361 g/mol. The minimum absolute atomic E-state index is 0.0680. The molecule has 9 heteroatoms. The fraction of sp³-hybridized carbons (Fsp3) is 0.118.